The van der Waals surface area contributed by atoms with Crippen LogP contribution in [0, 0.1) is 28.6 Å². The molecule has 0 saturated heterocycles. The van der Waals surface area contributed by atoms with E-state index in [1.165, 1.54) is 25.7 Å². The zero-order valence-electron chi connectivity index (χ0n) is 11.2. The van der Waals surface area contributed by atoms with Gasteiger partial charge in [0.2, 0.25) is 0 Å². The van der Waals surface area contributed by atoms with Gasteiger partial charge in [-0.1, -0.05) is 27.7 Å². The largest absolute Gasteiger partial charge is 0.389 e. The molecule has 0 aromatic heterocycles. The molecule has 1 heteroatoms. The summed E-state index contributed by atoms with van der Waals surface area (Å²) in [5, 5.41) is 11.1. The molecule has 0 bridgehead atoms. The van der Waals surface area contributed by atoms with E-state index in [2.05, 4.69) is 27.7 Å². The minimum absolute atomic E-state index is 0.328. The highest BCUT2D eigenvalue weighted by Crippen LogP contribution is 2.71. The highest BCUT2D eigenvalue weighted by molar-refractivity contribution is 5.17. The average Bonchev–Trinajstić information content (AvgIpc) is 2.53. The molecule has 3 saturated carbocycles. The van der Waals surface area contributed by atoms with Gasteiger partial charge < -0.3 is 5.11 Å². The molecule has 1 N–H and O–H groups in total. The van der Waals surface area contributed by atoms with E-state index in [0.29, 0.717) is 22.7 Å². The van der Waals surface area contributed by atoms with Crippen molar-refractivity contribution in [2.45, 2.75) is 65.4 Å². The molecule has 3 rings (SSSR count). The van der Waals surface area contributed by atoms with Crippen molar-refractivity contribution >= 4 is 0 Å². The number of hydrogen-bond acceptors (Lipinski definition) is 1. The van der Waals surface area contributed by atoms with E-state index in [9.17, 15) is 5.11 Å². The molecule has 5 atom stereocenters. The van der Waals surface area contributed by atoms with Crippen molar-refractivity contribution < 1.29 is 5.11 Å². The second kappa shape index (κ2) is 2.85. The van der Waals surface area contributed by atoms with Crippen molar-refractivity contribution in [3.8, 4) is 0 Å². The second-order valence-electron chi connectivity index (χ2n) is 7.87. The lowest BCUT2D eigenvalue weighted by molar-refractivity contribution is -0.110. The maximum absolute atomic E-state index is 11.1. The molecular weight excluding hydrogens is 196 g/mol. The molecule has 0 heterocycles. The van der Waals surface area contributed by atoms with E-state index in [0.717, 1.165) is 12.3 Å². The molecule has 0 radical (unpaired) electrons. The van der Waals surface area contributed by atoms with Crippen LogP contribution in [0.2, 0.25) is 0 Å². The van der Waals surface area contributed by atoms with E-state index in [1.807, 2.05) is 0 Å². The van der Waals surface area contributed by atoms with Crippen LogP contribution in [0.3, 0.4) is 0 Å². The highest BCUT2D eigenvalue weighted by atomic mass is 16.3. The highest BCUT2D eigenvalue weighted by Gasteiger charge is 2.67. The molecule has 3 fully saturated rings. The normalized spacial score (nSPS) is 58.7. The Morgan fingerprint density at radius 1 is 1.06 bits per heavy atom. The first-order chi connectivity index (χ1) is 7.30. The van der Waals surface area contributed by atoms with Crippen LogP contribution < -0.4 is 0 Å². The van der Waals surface area contributed by atoms with Crippen LogP contribution in [0.5, 0.6) is 0 Å². The van der Waals surface area contributed by atoms with Gasteiger partial charge in [0.15, 0.2) is 0 Å². The number of aliphatic hydroxyl groups is 1. The molecule has 16 heavy (non-hydrogen) atoms. The minimum Gasteiger partial charge on any atom is -0.389 e. The summed E-state index contributed by atoms with van der Waals surface area (Å²) in [6.45, 7) is 9.57. The van der Waals surface area contributed by atoms with Crippen molar-refractivity contribution in [2.24, 2.45) is 28.6 Å². The van der Waals surface area contributed by atoms with Gasteiger partial charge in [0.1, 0.15) is 0 Å². The first kappa shape index (κ1) is 11.1. The molecule has 0 unspecified atom stereocenters. The summed E-state index contributed by atoms with van der Waals surface area (Å²) in [5.41, 5.74) is 0.553. The monoisotopic (exact) mass is 222 g/mol. The van der Waals surface area contributed by atoms with Crippen LogP contribution >= 0.6 is 0 Å². The standard InChI is InChI=1S/C15H26O/c1-10-5-6-11-12-14(4,9-13(11,2)3)7-8-15(10,12)16/h10-12,16H,5-9H2,1-4H3/t10-,11-,12-,14+,15-/m0/s1. The summed E-state index contributed by atoms with van der Waals surface area (Å²) in [7, 11) is 0. The lowest BCUT2D eigenvalue weighted by Gasteiger charge is -2.47. The van der Waals surface area contributed by atoms with Crippen LogP contribution in [-0.4, -0.2) is 10.7 Å². The van der Waals surface area contributed by atoms with Gasteiger partial charge in [-0.05, 0) is 60.7 Å². The third-order valence-corrected chi connectivity index (χ3v) is 6.42. The van der Waals surface area contributed by atoms with Crippen LogP contribution in [0.25, 0.3) is 0 Å². The van der Waals surface area contributed by atoms with Gasteiger partial charge in [-0.15, -0.1) is 0 Å². The first-order valence-corrected chi connectivity index (χ1v) is 7.02. The zero-order chi connectivity index (χ0) is 11.8. The quantitative estimate of drug-likeness (QED) is 0.664. The Labute approximate surface area is 99.6 Å². The molecule has 0 aliphatic heterocycles. The van der Waals surface area contributed by atoms with E-state index < -0.39 is 0 Å². The Kier molecular flexibility index (Phi) is 1.98. The van der Waals surface area contributed by atoms with Gasteiger partial charge in [-0.3, -0.25) is 0 Å². The van der Waals surface area contributed by atoms with Gasteiger partial charge in [-0.2, -0.15) is 0 Å². The van der Waals surface area contributed by atoms with E-state index in [4.69, 9.17) is 0 Å². The third-order valence-electron chi connectivity index (χ3n) is 6.42. The fourth-order valence-corrected chi connectivity index (χ4v) is 5.85. The molecular formula is C15H26O. The second-order valence-corrected chi connectivity index (χ2v) is 7.87. The predicted octanol–water partition coefficient (Wildman–Crippen LogP) is 3.61. The van der Waals surface area contributed by atoms with E-state index in [-0.39, 0.29) is 5.60 Å². The molecule has 0 aromatic carbocycles. The smallest absolute Gasteiger partial charge is 0.0709 e. The van der Waals surface area contributed by atoms with Crippen LogP contribution in [-0.2, 0) is 0 Å². The topological polar surface area (TPSA) is 20.2 Å². The predicted molar refractivity (Wildman–Crippen MR) is 66.1 cm³/mol. The van der Waals surface area contributed by atoms with Gasteiger partial charge in [0.05, 0.1) is 5.60 Å². The van der Waals surface area contributed by atoms with Crippen molar-refractivity contribution in [3.63, 3.8) is 0 Å². The Balaban J connectivity index is 2.07. The summed E-state index contributed by atoms with van der Waals surface area (Å²) in [4.78, 5) is 0. The zero-order valence-corrected chi connectivity index (χ0v) is 11.2. The first-order valence-electron chi connectivity index (χ1n) is 7.02. The Morgan fingerprint density at radius 2 is 1.75 bits per heavy atom. The van der Waals surface area contributed by atoms with Crippen molar-refractivity contribution in [1.82, 2.24) is 0 Å². The fraction of sp³-hybridized carbons (Fsp3) is 1.00. The van der Waals surface area contributed by atoms with E-state index >= 15 is 0 Å². The Morgan fingerprint density at radius 3 is 2.44 bits per heavy atom. The summed E-state index contributed by atoms with van der Waals surface area (Å²) in [6, 6.07) is 0. The third kappa shape index (κ3) is 1.11. The van der Waals surface area contributed by atoms with E-state index in [1.54, 1.807) is 0 Å². The summed E-state index contributed by atoms with van der Waals surface area (Å²) >= 11 is 0. The maximum atomic E-state index is 11.1. The van der Waals surface area contributed by atoms with Crippen molar-refractivity contribution in [1.29, 1.82) is 0 Å². The number of hydrogen-bond donors (Lipinski definition) is 1. The fourth-order valence-electron chi connectivity index (χ4n) is 5.85. The molecule has 0 aromatic rings. The van der Waals surface area contributed by atoms with Crippen LogP contribution in [0.1, 0.15) is 59.8 Å². The summed E-state index contributed by atoms with van der Waals surface area (Å²) in [6.07, 6.45) is 6.21. The Hall–Kier alpha value is -0.0400. The van der Waals surface area contributed by atoms with Crippen LogP contribution in [0.15, 0.2) is 0 Å². The maximum Gasteiger partial charge on any atom is 0.0709 e. The molecule has 0 amide bonds. The molecule has 3 aliphatic rings. The molecule has 1 nitrogen and oxygen atoms in total. The average molecular weight is 222 g/mol. The molecule has 3 aliphatic carbocycles. The summed E-state index contributed by atoms with van der Waals surface area (Å²) < 4.78 is 0. The Bertz CT molecular complexity index is 321. The number of rotatable bonds is 0. The van der Waals surface area contributed by atoms with Crippen molar-refractivity contribution in [3.05, 3.63) is 0 Å². The van der Waals surface area contributed by atoms with Gasteiger partial charge in [0.25, 0.3) is 0 Å². The van der Waals surface area contributed by atoms with Crippen molar-refractivity contribution in [2.75, 3.05) is 0 Å². The van der Waals surface area contributed by atoms with Gasteiger partial charge in [-0.25, -0.2) is 0 Å². The summed E-state index contributed by atoms with van der Waals surface area (Å²) in [5.74, 6) is 1.87. The lowest BCUT2D eigenvalue weighted by atomic mass is 9.61. The SMILES string of the molecule is C[C@H]1CC[C@H]2[C@H]3[C@](C)(CC[C@]13O)CC2(C)C. The lowest BCUT2D eigenvalue weighted by Crippen LogP contribution is -2.49. The molecule has 0 spiro atoms. The van der Waals surface area contributed by atoms with Crippen LogP contribution in [0.4, 0.5) is 0 Å². The molecule has 92 valence electrons. The van der Waals surface area contributed by atoms with Gasteiger partial charge >= 0.3 is 0 Å². The van der Waals surface area contributed by atoms with Gasteiger partial charge in [0, 0.05) is 0 Å². The minimum atomic E-state index is -0.328.